The van der Waals surface area contributed by atoms with Crippen LogP contribution < -0.4 is 5.73 Å². The van der Waals surface area contributed by atoms with Gasteiger partial charge in [-0.2, -0.15) is 0 Å². The van der Waals surface area contributed by atoms with Gasteiger partial charge in [0.2, 0.25) is 5.91 Å². The van der Waals surface area contributed by atoms with E-state index in [4.69, 9.17) is 5.73 Å². The van der Waals surface area contributed by atoms with E-state index >= 15 is 0 Å². The number of hydrogen-bond donors (Lipinski definition) is 1. The third-order valence-corrected chi connectivity index (χ3v) is 2.88. The van der Waals surface area contributed by atoms with Crippen molar-refractivity contribution in [3.05, 3.63) is 0 Å². The lowest BCUT2D eigenvalue weighted by Gasteiger charge is -2.31. The van der Waals surface area contributed by atoms with E-state index in [0.29, 0.717) is 13.0 Å². The summed E-state index contributed by atoms with van der Waals surface area (Å²) in [6, 6.07) is 0. The van der Waals surface area contributed by atoms with Crippen molar-refractivity contribution in [1.82, 2.24) is 9.80 Å². The van der Waals surface area contributed by atoms with E-state index in [1.807, 2.05) is 0 Å². The fourth-order valence-corrected chi connectivity index (χ4v) is 1.73. The summed E-state index contributed by atoms with van der Waals surface area (Å²) in [6.07, 6.45) is 1.70. The van der Waals surface area contributed by atoms with Gasteiger partial charge in [0.05, 0.1) is 0 Å². The monoisotopic (exact) mass is 243 g/mol. The number of nitrogens with zero attached hydrogens (tertiary/aromatic N) is 2. The predicted molar refractivity (Wildman–Crippen MR) is 72.9 cm³/mol. The molecule has 4 nitrogen and oxygen atoms in total. The quantitative estimate of drug-likeness (QED) is 0.696. The lowest BCUT2D eigenvalue weighted by Crippen LogP contribution is -2.40. The van der Waals surface area contributed by atoms with Crippen LogP contribution in [0.15, 0.2) is 0 Å². The maximum Gasteiger partial charge on any atom is 0.223 e. The largest absolute Gasteiger partial charge is 0.349 e. The third-order valence-electron chi connectivity index (χ3n) is 2.88. The maximum absolute atomic E-state index is 11.6. The molecule has 0 bridgehead atoms. The molecule has 0 aliphatic carbocycles. The number of nitrogens with two attached hydrogens (primary N) is 1. The molecule has 0 aromatic heterocycles. The second-order valence-electron chi connectivity index (χ2n) is 5.68. The molecule has 0 spiro atoms. The Balaban J connectivity index is 4.20. The Bertz CT molecular complexity index is 227. The molecule has 0 aromatic carbocycles. The highest BCUT2D eigenvalue weighted by atomic mass is 16.2. The van der Waals surface area contributed by atoms with E-state index in [2.05, 4.69) is 25.7 Å². The molecule has 1 amide bonds. The van der Waals surface area contributed by atoms with Gasteiger partial charge in [-0.25, -0.2) is 0 Å². The zero-order valence-corrected chi connectivity index (χ0v) is 12.1. The topological polar surface area (TPSA) is 49.6 Å². The summed E-state index contributed by atoms with van der Waals surface area (Å²) < 4.78 is 0. The zero-order valence-electron chi connectivity index (χ0n) is 12.1. The molecule has 0 rings (SSSR count). The molecule has 102 valence electrons. The molecule has 0 heterocycles. The molecule has 0 radical (unpaired) electrons. The van der Waals surface area contributed by atoms with Crippen molar-refractivity contribution in [2.45, 2.75) is 33.6 Å². The SMILES string of the molecule is CCCN(CCC(=O)N(C)C)CC(C)(C)CN. The molecule has 2 N–H and O–H groups in total. The Morgan fingerprint density at radius 1 is 1.24 bits per heavy atom. The molecule has 17 heavy (non-hydrogen) atoms. The van der Waals surface area contributed by atoms with Crippen molar-refractivity contribution >= 4 is 5.91 Å². The second kappa shape index (κ2) is 7.67. The summed E-state index contributed by atoms with van der Waals surface area (Å²) in [7, 11) is 3.60. The lowest BCUT2D eigenvalue weighted by molar-refractivity contribution is -0.129. The highest BCUT2D eigenvalue weighted by Gasteiger charge is 2.20. The lowest BCUT2D eigenvalue weighted by atomic mass is 9.93. The Morgan fingerprint density at radius 3 is 2.24 bits per heavy atom. The van der Waals surface area contributed by atoms with Crippen LogP contribution in [0.2, 0.25) is 0 Å². The van der Waals surface area contributed by atoms with Gasteiger partial charge in [0.25, 0.3) is 0 Å². The second-order valence-corrected chi connectivity index (χ2v) is 5.68. The van der Waals surface area contributed by atoms with Crippen LogP contribution in [0, 0.1) is 5.41 Å². The first-order chi connectivity index (χ1) is 7.82. The number of hydrogen-bond acceptors (Lipinski definition) is 3. The van der Waals surface area contributed by atoms with E-state index in [1.165, 1.54) is 0 Å². The normalized spacial score (nSPS) is 11.9. The average molecular weight is 243 g/mol. The number of carbonyl (C=O) groups is 1. The third kappa shape index (κ3) is 7.34. The molecular formula is C13H29N3O. The first-order valence-electron chi connectivity index (χ1n) is 6.45. The van der Waals surface area contributed by atoms with Crippen LogP contribution in [-0.4, -0.2) is 56.0 Å². The molecule has 0 aromatic rings. The minimum atomic E-state index is 0.121. The standard InChI is InChI=1S/C13H29N3O/c1-6-8-16(11-13(2,3)10-14)9-7-12(17)15(4)5/h6-11,14H2,1-5H3. The van der Waals surface area contributed by atoms with Crippen molar-refractivity contribution in [2.75, 3.05) is 40.3 Å². The van der Waals surface area contributed by atoms with Gasteiger partial charge in [-0.15, -0.1) is 0 Å². The van der Waals surface area contributed by atoms with Crippen molar-refractivity contribution in [3.8, 4) is 0 Å². The molecule has 4 heteroatoms. The molecule has 0 fully saturated rings. The van der Waals surface area contributed by atoms with Gasteiger partial charge in [0.15, 0.2) is 0 Å². The summed E-state index contributed by atoms with van der Waals surface area (Å²) in [5.74, 6) is 0.191. The zero-order chi connectivity index (χ0) is 13.5. The van der Waals surface area contributed by atoms with Crippen LogP contribution in [0.1, 0.15) is 33.6 Å². The van der Waals surface area contributed by atoms with Gasteiger partial charge in [0.1, 0.15) is 0 Å². The van der Waals surface area contributed by atoms with E-state index in [9.17, 15) is 4.79 Å². The van der Waals surface area contributed by atoms with Gasteiger partial charge < -0.3 is 15.5 Å². The Hall–Kier alpha value is -0.610. The van der Waals surface area contributed by atoms with Crippen LogP contribution in [0.4, 0.5) is 0 Å². The molecular weight excluding hydrogens is 214 g/mol. The van der Waals surface area contributed by atoms with Gasteiger partial charge in [-0.05, 0) is 24.9 Å². The Morgan fingerprint density at radius 2 is 1.82 bits per heavy atom. The maximum atomic E-state index is 11.6. The van der Waals surface area contributed by atoms with Gasteiger partial charge in [0, 0.05) is 33.6 Å². The van der Waals surface area contributed by atoms with Gasteiger partial charge in [-0.3, -0.25) is 4.79 Å². The van der Waals surface area contributed by atoms with Crippen LogP contribution in [0.3, 0.4) is 0 Å². The molecule has 0 saturated carbocycles. The fourth-order valence-electron chi connectivity index (χ4n) is 1.73. The van der Waals surface area contributed by atoms with Crippen LogP contribution >= 0.6 is 0 Å². The van der Waals surface area contributed by atoms with E-state index in [1.54, 1.807) is 19.0 Å². The number of rotatable bonds is 8. The molecule has 0 unspecified atom stereocenters. The highest BCUT2D eigenvalue weighted by molar-refractivity contribution is 5.75. The van der Waals surface area contributed by atoms with Crippen molar-refractivity contribution in [1.29, 1.82) is 0 Å². The van der Waals surface area contributed by atoms with Gasteiger partial charge >= 0.3 is 0 Å². The van der Waals surface area contributed by atoms with Crippen molar-refractivity contribution in [3.63, 3.8) is 0 Å². The van der Waals surface area contributed by atoms with Crippen molar-refractivity contribution in [2.24, 2.45) is 11.1 Å². The first-order valence-corrected chi connectivity index (χ1v) is 6.45. The number of amides is 1. The first kappa shape index (κ1) is 16.4. The summed E-state index contributed by atoms with van der Waals surface area (Å²) in [6.45, 7) is 9.99. The number of carbonyl (C=O) groups excluding carboxylic acids is 1. The predicted octanol–water partition coefficient (Wildman–Crippen LogP) is 1.16. The molecule has 0 aliphatic rings. The summed E-state index contributed by atoms with van der Waals surface area (Å²) in [5.41, 5.74) is 5.87. The highest BCUT2D eigenvalue weighted by Crippen LogP contribution is 2.15. The molecule has 0 aliphatic heterocycles. The minimum absolute atomic E-state index is 0.121. The summed E-state index contributed by atoms with van der Waals surface area (Å²) >= 11 is 0. The summed E-state index contributed by atoms with van der Waals surface area (Å²) in [4.78, 5) is 15.6. The Kier molecular flexibility index (Phi) is 7.39. The molecule has 0 atom stereocenters. The van der Waals surface area contributed by atoms with Crippen LogP contribution in [0.25, 0.3) is 0 Å². The van der Waals surface area contributed by atoms with E-state index in [-0.39, 0.29) is 11.3 Å². The average Bonchev–Trinajstić information content (AvgIpc) is 2.25. The summed E-state index contributed by atoms with van der Waals surface area (Å²) in [5, 5.41) is 0. The van der Waals surface area contributed by atoms with E-state index in [0.717, 1.165) is 26.1 Å². The van der Waals surface area contributed by atoms with E-state index < -0.39 is 0 Å². The smallest absolute Gasteiger partial charge is 0.223 e. The Labute approximate surface area is 106 Å². The van der Waals surface area contributed by atoms with Crippen molar-refractivity contribution < 1.29 is 4.79 Å². The fraction of sp³-hybridized carbons (Fsp3) is 0.923. The van der Waals surface area contributed by atoms with Crippen LogP contribution in [-0.2, 0) is 4.79 Å². The van der Waals surface area contributed by atoms with Gasteiger partial charge in [-0.1, -0.05) is 20.8 Å². The minimum Gasteiger partial charge on any atom is -0.349 e. The molecule has 0 saturated heterocycles. The van der Waals surface area contributed by atoms with Crippen LogP contribution in [0.5, 0.6) is 0 Å².